The van der Waals surface area contributed by atoms with Gasteiger partial charge in [-0.25, -0.2) is 4.79 Å². The summed E-state index contributed by atoms with van der Waals surface area (Å²) >= 11 is 0. The largest absolute Gasteiger partial charge is 0.453 e. The molecule has 20 heavy (non-hydrogen) atoms. The first-order valence-electron chi connectivity index (χ1n) is 7.26. The van der Waals surface area contributed by atoms with E-state index in [4.69, 9.17) is 4.74 Å². The Morgan fingerprint density at radius 1 is 1.10 bits per heavy atom. The highest BCUT2D eigenvalue weighted by Crippen LogP contribution is 2.10. The second-order valence-corrected chi connectivity index (χ2v) is 11.0. The average molecular weight is 293 g/mol. The van der Waals surface area contributed by atoms with Crippen molar-refractivity contribution in [2.24, 2.45) is 0 Å². The topological polar surface area (TPSA) is 29.5 Å². The quantitative estimate of drug-likeness (QED) is 0.779. The van der Waals surface area contributed by atoms with Gasteiger partial charge in [-0.1, -0.05) is 48.6 Å². The van der Waals surface area contributed by atoms with Gasteiger partial charge in [0.25, 0.3) is 0 Å². The van der Waals surface area contributed by atoms with Crippen molar-refractivity contribution in [3.05, 3.63) is 30.3 Å². The molecule has 0 saturated carbocycles. The number of benzene rings is 1. The molecule has 1 aromatic carbocycles. The van der Waals surface area contributed by atoms with Gasteiger partial charge >= 0.3 is 6.09 Å². The highest BCUT2D eigenvalue weighted by molar-refractivity contribution is 6.89. The molecule has 3 nitrogen and oxygen atoms in total. The van der Waals surface area contributed by atoms with E-state index in [-0.39, 0.29) is 18.2 Å². The smallest absolute Gasteiger partial charge is 0.409 e. The molecule has 0 spiro atoms. The molecule has 4 heteroatoms. The molecule has 0 saturated heterocycles. The molecular formula is C16H27NO2Si. The Morgan fingerprint density at radius 3 is 2.05 bits per heavy atom. The molecule has 0 aromatic heterocycles. The Labute approximate surface area is 123 Å². The zero-order valence-corrected chi connectivity index (χ0v) is 14.5. The van der Waals surface area contributed by atoms with Gasteiger partial charge in [0.15, 0.2) is 0 Å². The number of carbonyl (C=O) groups is 1. The monoisotopic (exact) mass is 293 g/mol. The van der Waals surface area contributed by atoms with Gasteiger partial charge in [-0.05, 0) is 27.7 Å². The Balaban J connectivity index is 2.68. The van der Waals surface area contributed by atoms with Crippen LogP contribution in [0.5, 0.6) is 0 Å². The highest BCUT2D eigenvalue weighted by atomic mass is 28.3. The fraction of sp³-hybridized carbons (Fsp3) is 0.562. The Kier molecular flexibility index (Phi) is 5.81. The van der Waals surface area contributed by atoms with Crippen LogP contribution >= 0.6 is 0 Å². The number of amides is 1. The lowest BCUT2D eigenvalue weighted by atomic mass is 10.2. The van der Waals surface area contributed by atoms with Gasteiger partial charge in [-0.15, -0.1) is 0 Å². The van der Waals surface area contributed by atoms with Crippen molar-refractivity contribution in [2.75, 3.05) is 6.23 Å². The van der Waals surface area contributed by atoms with Gasteiger partial charge in [0.1, 0.15) is 8.07 Å². The van der Waals surface area contributed by atoms with E-state index in [0.717, 1.165) is 0 Å². The molecule has 0 unspecified atom stereocenters. The predicted molar refractivity (Wildman–Crippen MR) is 87.0 cm³/mol. The second-order valence-electron chi connectivity index (χ2n) is 6.40. The summed E-state index contributed by atoms with van der Waals surface area (Å²) in [6.45, 7) is 12.5. The number of hydrogen-bond donors (Lipinski definition) is 0. The van der Waals surface area contributed by atoms with Crippen LogP contribution in [0.25, 0.3) is 0 Å². The molecule has 0 N–H and O–H groups in total. The Morgan fingerprint density at radius 2 is 1.60 bits per heavy atom. The number of hydrogen-bond acceptors (Lipinski definition) is 2. The lowest BCUT2D eigenvalue weighted by Crippen LogP contribution is -2.49. The molecule has 0 fully saturated rings. The van der Waals surface area contributed by atoms with Crippen LogP contribution in [0.1, 0.15) is 27.7 Å². The summed E-state index contributed by atoms with van der Waals surface area (Å²) in [7, 11) is -1.73. The summed E-state index contributed by atoms with van der Waals surface area (Å²) in [6.07, 6.45) is 0.317. The lowest BCUT2D eigenvalue weighted by molar-refractivity contribution is 0.0907. The van der Waals surface area contributed by atoms with Gasteiger partial charge in [0, 0.05) is 12.1 Å². The third kappa shape index (κ3) is 4.37. The number of rotatable bonds is 5. The van der Waals surface area contributed by atoms with Crippen LogP contribution < -0.4 is 5.19 Å². The van der Waals surface area contributed by atoms with E-state index in [2.05, 4.69) is 25.2 Å². The van der Waals surface area contributed by atoms with E-state index < -0.39 is 8.07 Å². The van der Waals surface area contributed by atoms with E-state index in [1.54, 1.807) is 4.90 Å². The summed E-state index contributed by atoms with van der Waals surface area (Å²) in [5, 5.41) is 1.31. The van der Waals surface area contributed by atoms with Crippen molar-refractivity contribution in [1.82, 2.24) is 4.90 Å². The molecule has 0 radical (unpaired) electrons. The Bertz CT molecular complexity index is 421. The zero-order valence-electron chi connectivity index (χ0n) is 13.5. The number of nitrogens with zero attached hydrogens (tertiary/aromatic N) is 1. The molecule has 1 aromatic rings. The second kappa shape index (κ2) is 6.93. The van der Waals surface area contributed by atoms with Gasteiger partial charge < -0.3 is 9.64 Å². The molecule has 0 aliphatic carbocycles. The minimum atomic E-state index is -1.73. The summed E-state index contributed by atoms with van der Waals surface area (Å²) in [5.74, 6) is 0. The van der Waals surface area contributed by atoms with Crippen molar-refractivity contribution in [1.29, 1.82) is 0 Å². The minimum absolute atomic E-state index is 0.156. The summed E-state index contributed by atoms with van der Waals surface area (Å²) < 4.78 is 5.59. The van der Waals surface area contributed by atoms with Crippen LogP contribution in [-0.4, -0.2) is 37.4 Å². The van der Waals surface area contributed by atoms with Crippen LogP contribution in [0.4, 0.5) is 4.79 Å². The van der Waals surface area contributed by atoms with Crippen molar-refractivity contribution < 1.29 is 9.53 Å². The fourth-order valence-electron chi connectivity index (χ4n) is 2.31. The molecular weight excluding hydrogens is 266 g/mol. The van der Waals surface area contributed by atoms with Gasteiger partial charge in [0.05, 0.1) is 6.23 Å². The molecule has 0 atom stereocenters. The zero-order chi connectivity index (χ0) is 15.3. The molecule has 0 aliphatic heterocycles. The molecule has 0 heterocycles. The van der Waals surface area contributed by atoms with E-state index in [0.29, 0.717) is 6.23 Å². The van der Waals surface area contributed by atoms with E-state index in [1.165, 1.54) is 5.19 Å². The fourth-order valence-corrected chi connectivity index (χ4v) is 4.05. The van der Waals surface area contributed by atoms with Crippen molar-refractivity contribution in [3.63, 3.8) is 0 Å². The SMILES string of the molecule is CC(C)N(C(=O)OC[Si](C)(C)c1ccccc1)C(C)C. The molecule has 112 valence electrons. The van der Waals surface area contributed by atoms with E-state index >= 15 is 0 Å². The van der Waals surface area contributed by atoms with Crippen LogP contribution in [0, 0.1) is 0 Å². The number of carbonyl (C=O) groups excluding carboxylic acids is 1. The van der Waals surface area contributed by atoms with E-state index in [1.807, 2.05) is 45.9 Å². The van der Waals surface area contributed by atoms with Crippen LogP contribution in [0.3, 0.4) is 0 Å². The van der Waals surface area contributed by atoms with Crippen LogP contribution in [-0.2, 0) is 4.74 Å². The lowest BCUT2D eigenvalue weighted by Gasteiger charge is -2.31. The maximum Gasteiger partial charge on any atom is 0.409 e. The van der Waals surface area contributed by atoms with E-state index in [9.17, 15) is 4.79 Å². The third-order valence-corrected chi connectivity index (χ3v) is 6.20. The summed E-state index contributed by atoms with van der Waals surface area (Å²) in [4.78, 5) is 14.0. The first-order valence-corrected chi connectivity index (χ1v) is 10.5. The highest BCUT2D eigenvalue weighted by Gasteiger charge is 2.28. The van der Waals surface area contributed by atoms with Gasteiger partial charge in [-0.2, -0.15) is 0 Å². The van der Waals surface area contributed by atoms with Crippen molar-refractivity contribution >= 4 is 19.4 Å². The number of ether oxygens (including phenoxy) is 1. The Hall–Kier alpha value is -1.29. The normalized spacial score (nSPS) is 11.8. The van der Waals surface area contributed by atoms with Crippen molar-refractivity contribution in [3.8, 4) is 0 Å². The van der Waals surface area contributed by atoms with Crippen molar-refractivity contribution in [2.45, 2.75) is 52.9 Å². The van der Waals surface area contributed by atoms with Gasteiger partial charge in [-0.3, -0.25) is 0 Å². The third-order valence-electron chi connectivity index (χ3n) is 3.44. The first kappa shape index (κ1) is 16.8. The van der Waals surface area contributed by atoms with Gasteiger partial charge in [0.2, 0.25) is 0 Å². The standard InChI is InChI=1S/C16H27NO2Si/c1-13(2)17(14(3)4)16(18)19-12-20(5,6)15-10-8-7-9-11-15/h7-11,13-14H,12H2,1-6H3. The predicted octanol–water partition coefficient (Wildman–Crippen LogP) is 3.40. The minimum Gasteiger partial charge on any atom is -0.453 e. The molecule has 1 amide bonds. The maximum absolute atomic E-state index is 12.2. The summed E-state index contributed by atoms with van der Waals surface area (Å²) in [6, 6.07) is 10.7. The summed E-state index contributed by atoms with van der Waals surface area (Å²) in [5.41, 5.74) is 0. The molecule has 0 aliphatic rings. The first-order chi connectivity index (χ1) is 9.25. The maximum atomic E-state index is 12.2. The molecule has 1 rings (SSSR count). The average Bonchev–Trinajstić information content (AvgIpc) is 2.37. The van der Waals surface area contributed by atoms with Crippen LogP contribution in [0.2, 0.25) is 13.1 Å². The molecule has 0 bridgehead atoms. The van der Waals surface area contributed by atoms with Crippen LogP contribution in [0.15, 0.2) is 30.3 Å².